The topological polar surface area (TPSA) is 155 Å². The molecule has 222 valence electrons. The van der Waals surface area contributed by atoms with E-state index in [1.165, 1.54) is 13.3 Å². The van der Waals surface area contributed by atoms with Gasteiger partial charge in [0, 0.05) is 11.3 Å². The second kappa shape index (κ2) is 13.0. The molecule has 0 fully saturated rings. The summed E-state index contributed by atoms with van der Waals surface area (Å²) in [6, 6.07) is 16.1. The normalized spacial score (nSPS) is 13.6. The van der Waals surface area contributed by atoms with E-state index in [1.54, 1.807) is 86.8 Å². The van der Waals surface area contributed by atoms with E-state index in [2.05, 4.69) is 21.8 Å². The first kappa shape index (κ1) is 30.5. The third-order valence-corrected chi connectivity index (χ3v) is 6.56. The van der Waals surface area contributed by atoms with Gasteiger partial charge in [-0.2, -0.15) is 5.26 Å². The zero-order chi connectivity index (χ0) is 31.1. The summed E-state index contributed by atoms with van der Waals surface area (Å²) in [5, 5.41) is 20.4. The number of rotatable bonds is 11. The van der Waals surface area contributed by atoms with Crippen molar-refractivity contribution in [1.82, 2.24) is 10.4 Å². The van der Waals surface area contributed by atoms with E-state index in [9.17, 15) is 19.6 Å². The maximum Gasteiger partial charge on any atom is 0.325 e. The Morgan fingerprint density at radius 3 is 2.44 bits per heavy atom. The molecule has 12 nitrogen and oxygen atoms in total. The Morgan fingerprint density at radius 1 is 1.09 bits per heavy atom. The SMILES string of the molecule is CCOC(=O)CNC(=O)C(C)(C)Oc1ccccc1Oc1ccc(Nc2c(C#N)cn[n+]3c2=C(C)C(C(=O)OC)C=3)cc1. The largest absolute Gasteiger partial charge is 0.474 e. The van der Waals surface area contributed by atoms with Crippen LogP contribution in [-0.2, 0) is 23.9 Å². The highest BCUT2D eigenvalue weighted by atomic mass is 16.5. The van der Waals surface area contributed by atoms with Crippen LogP contribution in [0.4, 0.5) is 11.4 Å². The van der Waals surface area contributed by atoms with Crippen LogP contribution in [0, 0.1) is 23.5 Å². The van der Waals surface area contributed by atoms with Gasteiger partial charge >= 0.3 is 11.9 Å². The van der Waals surface area contributed by atoms with Crippen LogP contribution in [0.15, 0.2) is 54.7 Å². The highest BCUT2D eigenvalue weighted by Crippen LogP contribution is 2.34. The first-order valence-corrected chi connectivity index (χ1v) is 13.5. The number of carbonyl (C=O) groups is 3. The smallest absolute Gasteiger partial charge is 0.325 e. The van der Waals surface area contributed by atoms with Crippen LogP contribution in [0.1, 0.15) is 33.3 Å². The van der Waals surface area contributed by atoms with Gasteiger partial charge in [0.15, 0.2) is 29.2 Å². The summed E-state index contributed by atoms with van der Waals surface area (Å²) in [6.45, 7) is 6.60. The summed E-state index contributed by atoms with van der Waals surface area (Å²) in [5.74, 6) is -0.876. The average Bonchev–Trinajstić information content (AvgIpc) is 3.34. The Hall–Kier alpha value is -5.44. The summed E-state index contributed by atoms with van der Waals surface area (Å²) in [6.07, 6.45) is 3.08. The maximum absolute atomic E-state index is 12.7. The van der Waals surface area contributed by atoms with Gasteiger partial charge in [0.05, 0.1) is 13.7 Å². The van der Waals surface area contributed by atoms with Crippen molar-refractivity contribution in [2.45, 2.75) is 33.3 Å². The minimum absolute atomic E-state index is 0.219. The molecule has 43 heavy (non-hydrogen) atoms. The minimum atomic E-state index is -1.32. The maximum atomic E-state index is 12.7. The van der Waals surface area contributed by atoms with Crippen molar-refractivity contribution in [1.29, 1.82) is 5.26 Å². The molecule has 0 saturated carbocycles. The molecule has 1 aliphatic heterocycles. The number of ether oxygens (including phenoxy) is 4. The van der Waals surface area contributed by atoms with Gasteiger partial charge in [0.1, 0.15) is 35.8 Å². The first-order valence-electron chi connectivity index (χ1n) is 13.5. The van der Waals surface area contributed by atoms with Crippen molar-refractivity contribution in [3.05, 3.63) is 71.9 Å². The molecule has 4 rings (SSSR count). The van der Waals surface area contributed by atoms with Crippen molar-refractivity contribution in [3.8, 4) is 23.3 Å². The number of amides is 1. The van der Waals surface area contributed by atoms with Gasteiger partial charge in [0.25, 0.3) is 11.3 Å². The van der Waals surface area contributed by atoms with Crippen LogP contribution < -0.4 is 29.8 Å². The van der Waals surface area contributed by atoms with Crippen molar-refractivity contribution in [2.24, 2.45) is 5.92 Å². The number of nitrogens with zero attached hydrogens (tertiary/aromatic N) is 3. The van der Waals surface area contributed by atoms with E-state index < -0.39 is 29.4 Å². The van der Waals surface area contributed by atoms with Crippen LogP contribution in [0.3, 0.4) is 0 Å². The fraction of sp³-hybridized carbons (Fsp3) is 0.290. The fourth-order valence-electron chi connectivity index (χ4n) is 4.35. The zero-order valence-corrected chi connectivity index (χ0v) is 24.5. The van der Waals surface area contributed by atoms with Gasteiger partial charge in [-0.15, -0.1) is 0 Å². The van der Waals surface area contributed by atoms with Crippen molar-refractivity contribution in [2.75, 3.05) is 25.6 Å². The third-order valence-electron chi connectivity index (χ3n) is 6.56. The molecule has 2 N–H and O–H groups in total. The van der Waals surface area contributed by atoms with E-state index in [-0.39, 0.29) is 13.2 Å². The van der Waals surface area contributed by atoms with Gasteiger partial charge < -0.3 is 29.6 Å². The number of carbonyl (C=O) groups excluding carboxylic acids is 3. The van der Waals surface area contributed by atoms with Crippen molar-refractivity contribution in [3.63, 3.8) is 0 Å². The lowest BCUT2D eigenvalue weighted by Crippen LogP contribution is -2.48. The van der Waals surface area contributed by atoms with Gasteiger partial charge in [-0.25, -0.2) is 0 Å². The van der Waals surface area contributed by atoms with Crippen LogP contribution >= 0.6 is 0 Å². The highest BCUT2D eigenvalue weighted by Gasteiger charge is 2.34. The number of aromatic nitrogens is 2. The Labute approximate surface area is 248 Å². The summed E-state index contributed by atoms with van der Waals surface area (Å²) in [4.78, 5) is 36.6. The molecule has 0 saturated heterocycles. The molecule has 0 aliphatic carbocycles. The lowest BCUT2D eigenvalue weighted by molar-refractivity contribution is -0.589. The second-order valence-corrected chi connectivity index (χ2v) is 9.97. The molecule has 1 amide bonds. The first-order chi connectivity index (χ1) is 20.6. The monoisotopic (exact) mass is 586 g/mol. The van der Waals surface area contributed by atoms with E-state index in [0.29, 0.717) is 45.1 Å². The quantitative estimate of drug-likeness (QED) is 0.253. The number of para-hydroxylation sites is 2. The van der Waals surface area contributed by atoms with Crippen LogP contribution in [0.25, 0.3) is 5.57 Å². The number of methoxy groups -OCH3 is 1. The van der Waals surface area contributed by atoms with Gasteiger partial charge in [-0.1, -0.05) is 16.5 Å². The number of benzene rings is 2. The number of fused-ring (bicyclic) bond motifs is 1. The molecule has 2 aromatic carbocycles. The fourth-order valence-corrected chi connectivity index (χ4v) is 4.35. The molecule has 1 unspecified atom stereocenters. The second-order valence-electron chi connectivity index (χ2n) is 9.97. The van der Waals surface area contributed by atoms with Gasteiger partial charge in [0.2, 0.25) is 0 Å². The number of hydrogen-bond acceptors (Lipinski definition) is 10. The molecule has 2 heterocycles. The standard InChI is InChI=1S/C31H31N5O7/c1-6-41-26(37)17-33-30(39)31(3,4)43-25-10-8-7-9-24(25)42-22-13-11-21(12-14-22)35-27-20(15-32)16-34-36-18-23(29(38)40-5)19(2)28(27)36/h7-14,16,18,23H,6,17H2,1-5H3,(H-,33,34,35,39)/p+1. The molecule has 1 atom stereocenters. The molecule has 1 aliphatic rings. The summed E-state index contributed by atoms with van der Waals surface area (Å²) in [5.41, 5.74) is 0.864. The molecular formula is C31H32N5O7+. The van der Waals surface area contributed by atoms with Crippen LogP contribution in [-0.4, -0.2) is 48.8 Å². The molecular weight excluding hydrogens is 554 g/mol. The van der Waals surface area contributed by atoms with E-state index >= 15 is 0 Å². The summed E-state index contributed by atoms with van der Waals surface area (Å²) in [7, 11) is 1.32. The Bertz CT molecular complexity index is 1710. The molecule has 1 aromatic heterocycles. The van der Waals surface area contributed by atoms with Crippen LogP contribution in [0.5, 0.6) is 17.2 Å². The number of anilines is 2. The Kier molecular flexibility index (Phi) is 9.25. The molecule has 0 radical (unpaired) electrons. The van der Waals surface area contributed by atoms with Gasteiger partial charge in [-0.05, 0) is 69.2 Å². The van der Waals surface area contributed by atoms with Crippen molar-refractivity contribution < 1.29 is 37.7 Å². The lowest BCUT2D eigenvalue weighted by atomic mass is 10.0. The molecule has 0 spiro atoms. The highest BCUT2D eigenvalue weighted by molar-refractivity contribution is 5.88. The predicted molar refractivity (Wildman–Crippen MR) is 154 cm³/mol. The molecule has 0 bridgehead atoms. The Balaban J connectivity index is 1.51. The van der Waals surface area contributed by atoms with Crippen LogP contribution in [0.2, 0.25) is 0 Å². The average molecular weight is 587 g/mol. The lowest BCUT2D eigenvalue weighted by Gasteiger charge is -2.26. The van der Waals surface area contributed by atoms with E-state index in [1.807, 2.05) is 0 Å². The third kappa shape index (κ3) is 6.90. The van der Waals surface area contributed by atoms with Crippen molar-refractivity contribution >= 4 is 34.8 Å². The molecule has 3 aromatic rings. The molecule has 12 heteroatoms. The zero-order valence-electron chi connectivity index (χ0n) is 24.5. The summed E-state index contributed by atoms with van der Waals surface area (Å²) < 4.78 is 23.4. The van der Waals surface area contributed by atoms with E-state index in [0.717, 1.165) is 0 Å². The number of esters is 2. The summed E-state index contributed by atoms with van der Waals surface area (Å²) >= 11 is 0. The van der Waals surface area contributed by atoms with Gasteiger partial charge in [-0.3, -0.25) is 14.4 Å². The predicted octanol–water partition coefficient (Wildman–Crippen LogP) is 2.60. The minimum Gasteiger partial charge on any atom is -0.474 e. The number of nitriles is 1. The number of nitrogens with one attached hydrogen (secondary N) is 2. The number of hydrogen-bond donors (Lipinski definition) is 2. The Morgan fingerprint density at radius 2 is 1.79 bits per heavy atom. The van der Waals surface area contributed by atoms with E-state index in [4.69, 9.17) is 18.9 Å².